The van der Waals surface area contributed by atoms with Crippen LogP contribution in [0.5, 0.6) is 0 Å². The van der Waals surface area contributed by atoms with E-state index in [-0.39, 0.29) is 88.7 Å². The second kappa shape index (κ2) is 14.1. The molecule has 0 aromatic carbocycles. The molecular weight excluding hydrogens is 243 g/mol. The van der Waals surface area contributed by atoms with Crippen LogP contribution in [0.4, 0.5) is 0 Å². The van der Waals surface area contributed by atoms with Gasteiger partial charge in [-0.2, -0.15) is 0 Å². The Kier molecular flexibility index (Phi) is 24.0. The Bertz CT molecular complexity index is 177. The summed E-state index contributed by atoms with van der Waals surface area (Å²) in [6.07, 6.45) is 2.92. The van der Waals surface area contributed by atoms with Gasteiger partial charge in [-0.1, -0.05) is 11.7 Å². The molecule has 1 rings (SSSR count). The van der Waals surface area contributed by atoms with E-state index in [1.807, 2.05) is 0 Å². The molecule has 0 radical (unpaired) electrons. The Morgan fingerprint density at radius 1 is 1.08 bits per heavy atom. The van der Waals surface area contributed by atoms with E-state index in [4.69, 9.17) is 0 Å². The van der Waals surface area contributed by atoms with Gasteiger partial charge in [0, 0.05) is 0 Å². The van der Waals surface area contributed by atoms with Gasteiger partial charge in [0.15, 0.2) is 0 Å². The van der Waals surface area contributed by atoms with Gasteiger partial charge in [-0.3, -0.25) is 0 Å². The average Bonchev–Trinajstić information content (AvgIpc) is 1.91. The molecule has 54 valence electrons. The molecule has 0 atom stereocenters. The van der Waals surface area contributed by atoms with E-state index in [1.165, 1.54) is 33.3 Å². The number of nitrogens with zero attached hydrogens (tertiary/aromatic N) is 3. The fourth-order valence-corrected chi connectivity index (χ4v) is 1.61. The monoisotopic (exact) mass is 249 g/mol. The van der Waals surface area contributed by atoms with Crippen LogP contribution < -0.4 is 0 Å². The molecule has 0 saturated carbocycles. The van der Waals surface area contributed by atoms with Gasteiger partial charge in [0.05, 0.1) is 0 Å². The Balaban J connectivity index is -0.000000270. The summed E-state index contributed by atoms with van der Waals surface area (Å²) in [5, 5.41) is 0.685. The maximum absolute atomic E-state index is 3.91. The van der Waals surface area contributed by atoms with Crippen LogP contribution in [0.25, 0.3) is 0 Å². The quantitative estimate of drug-likeness (QED) is 0.435. The molecule has 9 heteroatoms. The molecule has 0 aliphatic carbocycles. The Morgan fingerprint density at radius 2 is 1.58 bits per heavy atom. The molecule has 0 unspecified atom stereocenters. The van der Waals surface area contributed by atoms with Crippen molar-refractivity contribution in [1.29, 1.82) is 0 Å². The summed E-state index contributed by atoms with van der Waals surface area (Å²) in [4.78, 5) is 11.3. The first kappa shape index (κ1) is 20.5. The van der Waals surface area contributed by atoms with E-state index in [1.54, 1.807) is 0 Å². The van der Waals surface area contributed by atoms with E-state index >= 15 is 0 Å². The van der Waals surface area contributed by atoms with E-state index < -0.39 is 0 Å². The zero-order valence-corrected chi connectivity index (χ0v) is 6.79. The van der Waals surface area contributed by atoms with Gasteiger partial charge in [0.2, 0.25) is 5.16 Å². The predicted molar refractivity (Wildman–Crippen MR) is 63.7 cm³/mol. The van der Waals surface area contributed by atoms with E-state index in [0.717, 1.165) is 0 Å². The molecule has 3 nitrogen and oxygen atoms in total. The van der Waals surface area contributed by atoms with Crippen LogP contribution in [0.3, 0.4) is 0 Å². The third kappa shape index (κ3) is 9.61. The van der Waals surface area contributed by atoms with Crippen molar-refractivity contribution in [2.45, 2.75) is 5.16 Å². The van der Waals surface area contributed by atoms with Crippen molar-refractivity contribution in [3.8, 4) is 0 Å². The zero-order chi connectivity index (χ0) is 6.53. The minimum atomic E-state index is 0. The molecule has 0 bridgehead atoms. The summed E-state index contributed by atoms with van der Waals surface area (Å²) >= 11 is 3.91. The SMILES string of the molecule is SSSc1ncncn1.[NaH].[NaH].[NaH]. The fraction of sp³-hybridized carbons (Fsp3) is 0. The summed E-state index contributed by atoms with van der Waals surface area (Å²) in [7, 11) is 2.71. The molecule has 0 amide bonds. The van der Waals surface area contributed by atoms with Gasteiger partial charge >= 0.3 is 88.7 Å². The van der Waals surface area contributed by atoms with Crippen molar-refractivity contribution in [3.63, 3.8) is 0 Å². The van der Waals surface area contributed by atoms with Crippen LogP contribution in [-0.2, 0) is 0 Å². The van der Waals surface area contributed by atoms with E-state index in [9.17, 15) is 0 Å². The average molecular weight is 249 g/mol. The van der Waals surface area contributed by atoms with Gasteiger partial charge in [0.1, 0.15) is 12.7 Å². The first-order valence-corrected chi connectivity index (χ1v) is 5.24. The topological polar surface area (TPSA) is 38.7 Å². The number of aromatic nitrogens is 3. The molecule has 0 aliphatic rings. The molecule has 1 aromatic heterocycles. The van der Waals surface area contributed by atoms with Crippen molar-refractivity contribution < 1.29 is 0 Å². The van der Waals surface area contributed by atoms with Crippen molar-refractivity contribution >= 4 is 121 Å². The predicted octanol–water partition coefficient (Wildman–Crippen LogP) is -0.489. The van der Waals surface area contributed by atoms with Gasteiger partial charge < -0.3 is 0 Å². The fourth-order valence-electron chi connectivity index (χ4n) is 0.305. The first-order chi connectivity index (χ1) is 4.43. The standard InChI is InChI=1S/C3H3N3S3.3Na.3H/c7-9-8-3-5-1-4-2-6-3;;;;;;/h1-2,7H;;;;;;. The molecule has 1 heterocycles. The van der Waals surface area contributed by atoms with Crippen LogP contribution in [0.1, 0.15) is 0 Å². The van der Waals surface area contributed by atoms with Crippen LogP contribution >= 0.6 is 32.3 Å². The molecular formula is C3H6N3Na3S3. The normalized spacial score (nSPS) is 7.08. The second-order valence-electron chi connectivity index (χ2n) is 1.08. The van der Waals surface area contributed by atoms with Gasteiger partial charge in [0.25, 0.3) is 0 Å². The number of rotatable bonds is 2. The summed E-state index contributed by atoms with van der Waals surface area (Å²) in [5.41, 5.74) is 0. The Hall–Kier alpha value is 3.06. The van der Waals surface area contributed by atoms with Gasteiger partial charge in [-0.15, -0.1) is 0 Å². The van der Waals surface area contributed by atoms with Crippen LogP contribution in [0.2, 0.25) is 0 Å². The number of hydrogen-bond acceptors (Lipinski definition) is 6. The molecule has 1 aromatic rings. The summed E-state index contributed by atoms with van der Waals surface area (Å²) in [6.45, 7) is 0. The number of thiol groups is 1. The Labute approximate surface area is 151 Å². The first-order valence-electron chi connectivity index (χ1n) is 2.03. The van der Waals surface area contributed by atoms with Crippen molar-refractivity contribution in [2.75, 3.05) is 0 Å². The second-order valence-corrected chi connectivity index (χ2v) is 4.05. The maximum atomic E-state index is 3.91. The molecule has 0 N–H and O–H groups in total. The molecule has 0 spiro atoms. The van der Waals surface area contributed by atoms with Crippen LogP contribution in [0.15, 0.2) is 17.8 Å². The Morgan fingerprint density at radius 3 is 2.00 bits per heavy atom. The molecule has 0 fully saturated rings. The van der Waals surface area contributed by atoms with Crippen molar-refractivity contribution in [3.05, 3.63) is 12.7 Å². The third-order valence-electron chi connectivity index (χ3n) is 0.581. The van der Waals surface area contributed by atoms with E-state index in [2.05, 4.69) is 26.6 Å². The van der Waals surface area contributed by atoms with Gasteiger partial charge in [-0.25, -0.2) is 15.0 Å². The molecule has 0 saturated heterocycles. The van der Waals surface area contributed by atoms with E-state index in [0.29, 0.717) is 5.16 Å². The number of hydrogen-bond donors (Lipinski definition) is 1. The van der Waals surface area contributed by atoms with Crippen LogP contribution in [0, 0.1) is 0 Å². The third-order valence-corrected chi connectivity index (χ3v) is 2.36. The summed E-state index contributed by atoms with van der Waals surface area (Å²) < 4.78 is 0. The zero-order valence-electron chi connectivity index (χ0n) is 4.26. The molecule has 12 heavy (non-hydrogen) atoms. The minimum absolute atomic E-state index is 0. The van der Waals surface area contributed by atoms with Crippen LogP contribution in [-0.4, -0.2) is 104 Å². The van der Waals surface area contributed by atoms with Crippen molar-refractivity contribution in [2.24, 2.45) is 0 Å². The van der Waals surface area contributed by atoms with Gasteiger partial charge in [-0.05, 0) is 20.6 Å². The summed E-state index contributed by atoms with van der Waals surface area (Å²) in [5.74, 6) is 0. The molecule has 0 aliphatic heterocycles. The summed E-state index contributed by atoms with van der Waals surface area (Å²) in [6, 6.07) is 0. The van der Waals surface area contributed by atoms with Crippen molar-refractivity contribution in [1.82, 2.24) is 15.0 Å².